The maximum Gasteiger partial charge on any atom is 0.417 e. The van der Waals surface area contributed by atoms with Crippen molar-refractivity contribution in [2.24, 2.45) is 5.73 Å². The molecule has 5 N–H and O–H groups in total. The van der Waals surface area contributed by atoms with Gasteiger partial charge < -0.3 is 26.0 Å². The molecule has 1 aliphatic rings. The lowest BCUT2D eigenvalue weighted by Crippen LogP contribution is -2.55. The van der Waals surface area contributed by atoms with Crippen LogP contribution in [0.15, 0.2) is 35.3 Å². The van der Waals surface area contributed by atoms with E-state index in [0.717, 1.165) is 18.2 Å². The van der Waals surface area contributed by atoms with Crippen LogP contribution in [0.1, 0.15) is 41.6 Å². The van der Waals surface area contributed by atoms with Crippen LogP contribution in [0, 0.1) is 23.3 Å². The molecule has 0 saturated carbocycles. The fourth-order valence-corrected chi connectivity index (χ4v) is 4.88. The number of aliphatic hydroxyl groups is 1. The molecule has 2 heterocycles. The zero-order chi connectivity index (χ0) is 31.3. The van der Waals surface area contributed by atoms with Crippen LogP contribution in [0.4, 0.5) is 42.1 Å². The molecule has 0 spiro atoms. The molecule has 0 aliphatic carbocycles. The first kappa shape index (κ1) is 31.0. The monoisotopic (exact) mass is 601 g/mol. The number of nitrogens with zero attached hydrogens (tertiary/aromatic N) is 2. The molecular weight excluding hydrogens is 575 g/mol. The maximum absolute atomic E-state index is 16.2. The summed E-state index contributed by atoms with van der Waals surface area (Å²) in [6.45, 7) is 4.01. The summed E-state index contributed by atoms with van der Waals surface area (Å²) in [5.74, 6) is -7.92. The number of H-pyrrole nitrogens is 1. The summed E-state index contributed by atoms with van der Waals surface area (Å²) in [6.07, 6.45) is -6.59. The average Bonchev–Trinajstić information content (AvgIpc) is 2.90. The highest BCUT2D eigenvalue weighted by molar-refractivity contribution is 6.07. The quantitative estimate of drug-likeness (QED) is 0.256. The van der Waals surface area contributed by atoms with Gasteiger partial charge in [0.2, 0.25) is 5.56 Å². The second-order valence-electron chi connectivity index (χ2n) is 10.1. The van der Waals surface area contributed by atoms with Gasteiger partial charge in [0.1, 0.15) is 17.7 Å². The number of benzene rings is 2. The van der Waals surface area contributed by atoms with Crippen LogP contribution in [-0.2, 0) is 6.18 Å². The number of rotatable bonds is 5. The normalized spacial score (nSPS) is 18.7. The summed E-state index contributed by atoms with van der Waals surface area (Å²) >= 11 is 0. The summed E-state index contributed by atoms with van der Waals surface area (Å²) in [6, 6.07) is 2.15. The number of halogens is 7. The van der Waals surface area contributed by atoms with Gasteiger partial charge in [-0.2, -0.15) is 13.2 Å². The van der Waals surface area contributed by atoms with Gasteiger partial charge in [-0.1, -0.05) is 12.1 Å². The van der Waals surface area contributed by atoms with E-state index in [1.54, 1.807) is 0 Å². The molecule has 15 heteroatoms. The standard InChI is InChI=1S/C27H26F7N5O3/c1-11-9-39(10-12(2)38(11)3)18-7-17(28)20(13-4-5-14(25(35)41)22(30)21(13)29)23(31)24(18)37-26(42)15-8-36-19(40)6-16(15)27(32,33)34/h4-8,11-12,25,41H,9-10,35H2,1-3H3,(H,36,40)(H,37,42)/t11-,12+,25?. The molecule has 1 unspecified atom stereocenters. The molecule has 0 radical (unpaired) electrons. The summed E-state index contributed by atoms with van der Waals surface area (Å²) < 4.78 is 102. The first-order valence-electron chi connectivity index (χ1n) is 12.5. The van der Waals surface area contributed by atoms with Gasteiger partial charge in [-0.3, -0.25) is 14.5 Å². The second kappa shape index (κ2) is 11.4. The molecule has 1 aromatic heterocycles. The maximum atomic E-state index is 16.2. The molecule has 226 valence electrons. The third-order valence-electron chi connectivity index (χ3n) is 7.31. The molecule has 1 amide bonds. The highest BCUT2D eigenvalue weighted by Gasteiger charge is 2.37. The first-order valence-corrected chi connectivity index (χ1v) is 12.5. The van der Waals surface area contributed by atoms with Gasteiger partial charge >= 0.3 is 6.18 Å². The summed E-state index contributed by atoms with van der Waals surface area (Å²) in [5.41, 5.74) is -2.47. The molecule has 1 aliphatic heterocycles. The van der Waals surface area contributed by atoms with E-state index in [-0.39, 0.29) is 36.9 Å². The number of pyridine rings is 1. The van der Waals surface area contributed by atoms with E-state index in [1.807, 2.05) is 36.1 Å². The van der Waals surface area contributed by atoms with Gasteiger partial charge in [0.25, 0.3) is 5.91 Å². The Bertz CT molecular complexity index is 1580. The Hall–Kier alpha value is -3.95. The Balaban J connectivity index is 1.93. The van der Waals surface area contributed by atoms with Crippen molar-refractivity contribution < 1.29 is 40.6 Å². The molecule has 1 fully saturated rings. The van der Waals surface area contributed by atoms with E-state index in [0.29, 0.717) is 6.20 Å². The first-order chi connectivity index (χ1) is 19.5. The fraction of sp³-hybridized carbons (Fsp3) is 0.333. The Kier molecular flexibility index (Phi) is 8.40. The number of piperazine rings is 1. The van der Waals surface area contributed by atoms with Crippen LogP contribution >= 0.6 is 0 Å². The third-order valence-corrected chi connectivity index (χ3v) is 7.31. The van der Waals surface area contributed by atoms with Crippen LogP contribution in [0.5, 0.6) is 0 Å². The third kappa shape index (κ3) is 5.71. The number of anilines is 2. The van der Waals surface area contributed by atoms with Gasteiger partial charge in [-0.05, 0) is 20.9 Å². The van der Waals surface area contributed by atoms with E-state index in [1.165, 1.54) is 4.90 Å². The van der Waals surface area contributed by atoms with E-state index >= 15 is 13.2 Å². The minimum atomic E-state index is -5.14. The smallest absolute Gasteiger partial charge is 0.374 e. The molecular formula is C27H26F7N5O3. The van der Waals surface area contributed by atoms with Crippen molar-refractivity contribution in [1.82, 2.24) is 9.88 Å². The van der Waals surface area contributed by atoms with Gasteiger partial charge in [-0.15, -0.1) is 0 Å². The molecule has 1 saturated heterocycles. The topological polar surface area (TPSA) is 115 Å². The highest BCUT2D eigenvalue weighted by atomic mass is 19.4. The van der Waals surface area contributed by atoms with Gasteiger partial charge in [0.15, 0.2) is 17.5 Å². The Morgan fingerprint density at radius 2 is 1.69 bits per heavy atom. The predicted molar refractivity (Wildman–Crippen MR) is 140 cm³/mol. The minimum Gasteiger partial charge on any atom is -0.374 e. The number of aromatic amines is 1. The van der Waals surface area contributed by atoms with E-state index in [4.69, 9.17) is 5.73 Å². The number of likely N-dealkylation sites (N-methyl/N-ethyl adjacent to an activating group) is 1. The number of aliphatic hydroxyl groups excluding tert-OH is 1. The molecule has 3 aromatic rings. The van der Waals surface area contributed by atoms with Crippen LogP contribution in [-0.4, -0.2) is 53.1 Å². The largest absolute Gasteiger partial charge is 0.417 e. The number of carbonyl (C=O) groups excluding carboxylic acids is 1. The number of amides is 1. The van der Waals surface area contributed by atoms with Crippen LogP contribution in [0.2, 0.25) is 0 Å². The Morgan fingerprint density at radius 1 is 1.07 bits per heavy atom. The lowest BCUT2D eigenvalue weighted by atomic mass is 9.98. The van der Waals surface area contributed by atoms with Crippen LogP contribution in [0.25, 0.3) is 11.1 Å². The molecule has 8 nitrogen and oxygen atoms in total. The van der Waals surface area contributed by atoms with Crippen molar-refractivity contribution in [2.75, 3.05) is 30.4 Å². The van der Waals surface area contributed by atoms with Gasteiger partial charge in [0, 0.05) is 54.6 Å². The number of alkyl halides is 3. The number of hydrogen-bond acceptors (Lipinski definition) is 6. The Labute approximate surface area is 234 Å². The van der Waals surface area contributed by atoms with Gasteiger partial charge in [-0.25, -0.2) is 17.6 Å². The van der Waals surface area contributed by atoms with E-state index < -0.39 is 80.6 Å². The average molecular weight is 602 g/mol. The van der Waals surface area contributed by atoms with Crippen LogP contribution in [0.3, 0.4) is 0 Å². The van der Waals surface area contributed by atoms with Crippen molar-refractivity contribution in [3.63, 3.8) is 0 Å². The van der Waals surface area contributed by atoms with Crippen molar-refractivity contribution >= 4 is 17.3 Å². The fourth-order valence-electron chi connectivity index (χ4n) is 4.88. The number of nitrogens with two attached hydrogens (primary N) is 1. The minimum absolute atomic E-state index is 0.150. The van der Waals surface area contributed by atoms with Crippen molar-refractivity contribution in [3.8, 4) is 11.1 Å². The van der Waals surface area contributed by atoms with Crippen molar-refractivity contribution in [1.29, 1.82) is 0 Å². The zero-order valence-corrected chi connectivity index (χ0v) is 22.4. The number of nitrogens with one attached hydrogen (secondary N) is 2. The highest BCUT2D eigenvalue weighted by Crippen LogP contribution is 2.41. The second-order valence-corrected chi connectivity index (χ2v) is 10.1. The molecule has 4 rings (SSSR count). The SMILES string of the molecule is C[C@@H]1CN(c2cc(F)c(-c3ccc(C(N)O)c(F)c3F)c(F)c2NC(=O)c2c[nH]c(=O)cc2C(F)(F)F)C[C@H](C)N1C. The van der Waals surface area contributed by atoms with Gasteiger partial charge in [0.05, 0.1) is 22.4 Å². The molecule has 0 bridgehead atoms. The van der Waals surface area contributed by atoms with Crippen LogP contribution < -0.4 is 21.5 Å². The summed E-state index contributed by atoms with van der Waals surface area (Å²) in [5, 5.41) is 11.5. The number of hydrogen-bond donors (Lipinski definition) is 4. The van der Waals surface area contributed by atoms with E-state index in [2.05, 4.69) is 0 Å². The zero-order valence-electron chi connectivity index (χ0n) is 22.4. The van der Waals surface area contributed by atoms with Crippen molar-refractivity contribution in [2.45, 2.75) is 38.3 Å². The lowest BCUT2D eigenvalue weighted by molar-refractivity contribution is -0.138. The van der Waals surface area contributed by atoms with E-state index in [9.17, 15) is 32.3 Å². The number of carbonyl (C=O) groups is 1. The van der Waals surface area contributed by atoms with Crippen molar-refractivity contribution in [3.05, 3.63) is 80.8 Å². The summed E-state index contributed by atoms with van der Waals surface area (Å²) in [4.78, 5) is 30.1. The number of aromatic nitrogens is 1. The molecule has 2 aromatic carbocycles. The Morgan fingerprint density at radius 3 is 2.26 bits per heavy atom. The lowest BCUT2D eigenvalue weighted by Gasteiger charge is -2.44. The summed E-state index contributed by atoms with van der Waals surface area (Å²) in [7, 11) is 1.83. The predicted octanol–water partition coefficient (Wildman–Crippen LogP) is 4.35. The molecule has 42 heavy (non-hydrogen) atoms. The molecule has 3 atom stereocenters.